The van der Waals surface area contributed by atoms with Crippen molar-refractivity contribution in [3.05, 3.63) is 59.7 Å². The largest absolute Gasteiger partial charge is 0.493 e. The Morgan fingerprint density at radius 1 is 1.07 bits per heavy atom. The third kappa shape index (κ3) is 5.44. The zero-order valence-electron chi connectivity index (χ0n) is 17.6. The summed E-state index contributed by atoms with van der Waals surface area (Å²) in [6.45, 7) is 10.6. The fourth-order valence-corrected chi connectivity index (χ4v) is 6.96. The average Bonchev–Trinajstić information content (AvgIpc) is 2.67. The van der Waals surface area contributed by atoms with Crippen LogP contribution in [0.1, 0.15) is 45.2 Å². The molecular formula is C23H32FNO2Si. The first-order valence-electron chi connectivity index (χ1n) is 9.98. The number of halogens is 1. The Labute approximate surface area is 169 Å². The van der Waals surface area contributed by atoms with Crippen LogP contribution in [-0.4, -0.2) is 20.9 Å². The molecule has 0 aliphatic rings. The molecule has 0 saturated carbocycles. The van der Waals surface area contributed by atoms with Gasteiger partial charge < -0.3 is 14.2 Å². The van der Waals surface area contributed by atoms with Crippen molar-refractivity contribution < 1.29 is 13.6 Å². The highest BCUT2D eigenvalue weighted by Crippen LogP contribution is 2.34. The quantitative estimate of drug-likeness (QED) is 0.474. The molecule has 2 aromatic carbocycles. The Kier molecular flexibility index (Phi) is 7.81. The summed E-state index contributed by atoms with van der Waals surface area (Å²) in [7, 11) is -3.05. The van der Waals surface area contributed by atoms with Crippen LogP contribution in [-0.2, 0) is 11.3 Å². The van der Waals surface area contributed by atoms with Crippen molar-refractivity contribution in [3.8, 4) is 5.75 Å². The van der Waals surface area contributed by atoms with Gasteiger partial charge in [-0.25, -0.2) is 0 Å². The van der Waals surface area contributed by atoms with Crippen molar-refractivity contribution in [2.75, 3.05) is 6.61 Å². The number of ether oxygens (including phenoxy) is 1. The topological polar surface area (TPSA) is 38.3 Å². The normalized spacial score (nSPS) is 11.7. The molecule has 3 nitrogen and oxygen atoms in total. The number of benzene rings is 2. The monoisotopic (exact) mass is 400 g/mol. The van der Waals surface area contributed by atoms with E-state index in [1.165, 1.54) is 0 Å². The van der Waals surface area contributed by atoms with E-state index in [9.17, 15) is 4.79 Å². The summed E-state index contributed by atoms with van der Waals surface area (Å²) in [5, 5.41) is 3.71. The third-order valence-electron chi connectivity index (χ3n) is 5.22. The van der Waals surface area contributed by atoms with Gasteiger partial charge >= 0.3 is 0 Å². The first-order chi connectivity index (χ1) is 13.2. The van der Waals surface area contributed by atoms with Gasteiger partial charge in [-0.2, -0.15) is 0 Å². The summed E-state index contributed by atoms with van der Waals surface area (Å²) >= 11 is 0. The standard InChI is InChI=1S/C23H32FNO2Si/c1-17(2)28(24,18(3)4)21-11-12-22(19(5)15-21)27-14-13-23(26)25-16-20-9-7-6-8-10-20/h6-12,15,17-18H,13-14,16H2,1-5H3,(H,25,26)/i24-1. The molecule has 0 saturated heterocycles. The number of hydrogen-bond acceptors (Lipinski definition) is 2. The van der Waals surface area contributed by atoms with Crippen molar-refractivity contribution in [2.24, 2.45) is 0 Å². The van der Waals surface area contributed by atoms with Crippen molar-refractivity contribution in [1.82, 2.24) is 5.32 Å². The SMILES string of the molecule is Cc1cc([Si]([18F])(C(C)C)C(C)C)ccc1OCCC(=O)NCc1ccccc1. The zero-order chi connectivity index (χ0) is 20.7. The van der Waals surface area contributed by atoms with E-state index in [1.807, 2.05) is 83.1 Å². The number of rotatable bonds is 9. The second-order valence-electron chi connectivity index (χ2n) is 7.92. The van der Waals surface area contributed by atoms with E-state index in [0.717, 1.165) is 16.3 Å². The lowest BCUT2D eigenvalue weighted by molar-refractivity contribution is -0.121. The third-order valence-corrected chi connectivity index (χ3v) is 9.77. The van der Waals surface area contributed by atoms with Crippen molar-refractivity contribution in [1.29, 1.82) is 0 Å². The van der Waals surface area contributed by atoms with Gasteiger partial charge in [-0.15, -0.1) is 0 Å². The molecule has 28 heavy (non-hydrogen) atoms. The number of carbonyl (C=O) groups is 1. The zero-order valence-corrected chi connectivity index (χ0v) is 18.6. The molecule has 0 heterocycles. The molecule has 0 spiro atoms. The summed E-state index contributed by atoms with van der Waals surface area (Å²) in [6.07, 6.45) is 0.286. The second-order valence-corrected chi connectivity index (χ2v) is 12.3. The van der Waals surface area contributed by atoms with Crippen LogP contribution < -0.4 is 15.2 Å². The van der Waals surface area contributed by atoms with E-state index in [4.69, 9.17) is 4.74 Å². The molecule has 0 aromatic heterocycles. The van der Waals surface area contributed by atoms with Crippen LogP contribution in [0.15, 0.2) is 48.5 Å². The smallest absolute Gasteiger partial charge is 0.282 e. The molecule has 1 N–H and O–H groups in total. The Hall–Kier alpha value is -2.14. The number of nitrogens with one attached hydrogen (secondary N) is 1. The molecule has 5 heteroatoms. The maximum absolute atomic E-state index is 15.7. The minimum Gasteiger partial charge on any atom is -0.493 e. The average molecular weight is 401 g/mol. The number of hydrogen-bond donors (Lipinski definition) is 1. The molecule has 2 rings (SSSR count). The van der Waals surface area contributed by atoms with Crippen molar-refractivity contribution in [2.45, 2.75) is 58.7 Å². The van der Waals surface area contributed by atoms with Gasteiger partial charge in [0, 0.05) is 6.54 Å². The van der Waals surface area contributed by atoms with Crippen LogP contribution in [0.3, 0.4) is 0 Å². The van der Waals surface area contributed by atoms with Crippen LogP contribution >= 0.6 is 0 Å². The van der Waals surface area contributed by atoms with E-state index >= 15 is 4.11 Å². The lowest BCUT2D eigenvalue weighted by atomic mass is 10.2. The van der Waals surface area contributed by atoms with Crippen molar-refractivity contribution in [3.63, 3.8) is 0 Å². The van der Waals surface area contributed by atoms with Gasteiger partial charge in [0.2, 0.25) is 5.91 Å². The Morgan fingerprint density at radius 2 is 1.71 bits per heavy atom. The molecule has 2 aromatic rings. The van der Waals surface area contributed by atoms with E-state index in [0.29, 0.717) is 18.9 Å². The van der Waals surface area contributed by atoms with E-state index in [-0.39, 0.29) is 23.4 Å². The van der Waals surface area contributed by atoms with E-state index in [2.05, 4.69) is 5.32 Å². The molecule has 152 valence electrons. The summed E-state index contributed by atoms with van der Waals surface area (Å²) in [5.74, 6) is 0.663. The number of aryl methyl sites for hydroxylation is 1. The predicted molar refractivity (Wildman–Crippen MR) is 116 cm³/mol. The highest BCUT2D eigenvalue weighted by molar-refractivity contribution is 6.88. The molecule has 0 aliphatic heterocycles. The summed E-state index contributed by atoms with van der Waals surface area (Å²) < 4.78 is 21.5. The number of carbonyl (C=O) groups excluding carboxylic acids is 1. The Bertz CT molecular complexity index is 769. The van der Waals surface area contributed by atoms with Crippen LogP contribution in [0.25, 0.3) is 0 Å². The minimum absolute atomic E-state index is 0.0204. The lowest BCUT2D eigenvalue weighted by Gasteiger charge is -2.31. The second kappa shape index (κ2) is 9.87. The summed E-state index contributed by atoms with van der Waals surface area (Å²) in [5.41, 5.74) is 2.02. The fraction of sp³-hybridized carbons (Fsp3) is 0.435. The van der Waals surface area contributed by atoms with Crippen LogP contribution in [0, 0.1) is 6.92 Å². The van der Waals surface area contributed by atoms with Gasteiger partial charge in [0.1, 0.15) is 5.75 Å². The van der Waals surface area contributed by atoms with E-state index < -0.39 is 8.41 Å². The molecular weight excluding hydrogens is 368 g/mol. The minimum atomic E-state index is -3.05. The fourth-order valence-electron chi connectivity index (χ4n) is 3.52. The first-order valence-corrected chi connectivity index (χ1v) is 12.0. The highest BCUT2D eigenvalue weighted by atomic mass is 28.4. The van der Waals surface area contributed by atoms with Gasteiger partial charge in [-0.1, -0.05) is 70.2 Å². The van der Waals surface area contributed by atoms with Crippen molar-refractivity contribution >= 4 is 19.5 Å². The molecule has 0 aliphatic carbocycles. The van der Waals surface area contributed by atoms with E-state index in [1.54, 1.807) is 0 Å². The molecule has 1 amide bonds. The molecule has 0 unspecified atom stereocenters. The van der Waals surface area contributed by atoms with Gasteiger partial charge in [-0.3, -0.25) is 4.79 Å². The Balaban J connectivity index is 1.90. The summed E-state index contributed by atoms with van der Waals surface area (Å²) in [4.78, 5) is 12.0. The van der Waals surface area contributed by atoms with Crippen LogP contribution in [0.2, 0.25) is 11.1 Å². The van der Waals surface area contributed by atoms with Gasteiger partial charge in [0.15, 0.2) is 0 Å². The summed E-state index contributed by atoms with van der Waals surface area (Å²) in [6, 6.07) is 15.4. The maximum atomic E-state index is 15.7. The molecule has 0 bridgehead atoms. The first kappa shape index (κ1) is 22.1. The van der Waals surface area contributed by atoms with Gasteiger partial charge in [-0.05, 0) is 40.4 Å². The lowest BCUT2D eigenvalue weighted by Crippen LogP contribution is -2.49. The predicted octanol–water partition coefficient (Wildman–Crippen LogP) is 5.02. The molecule has 0 radical (unpaired) electrons. The highest BCUT2D eigenvalue weighted by Gasteiger charge is 2.43. The van der Waals surface area contributed by atoms with Crippen LogP contribution in [0.4, 0.5) is 4.11 Å². The van der Waals surface area contributed by atoms with Gasteiger partial charge in [0.05, 0.1) is 13.0 Å². The van der Waals surface area contributed by atoms with Crippen LogP contribution in [0.5, 0.6) is 5.75 Å². The maximum Gasteiger partial charge on any atom is 0.282 e. The number of amides is 1. The molecule has 0 atom stereocenters. The molecule has 0 fully saturated rings. The van der Waals surface area contributed by atoms with Gasteiger partial charge in [0.25, 0.3) is 8.41 Å². The Morgan fingerprint density at radius 3 is 2.29 bits per heavy atom.